The predicted molar refractivity (Wildman–Crippen MR) is 73.7 cm³/mol. The number of hydrogen-bond acceptors (Lipinski definition) is 3. The second-order valence-corrected chi connectivity index (χ2v) is 4.74. The average molecular weight is 258 g/mol. The van der Waals surface area contributed by atoms with Gasteiger partial charge in [-0.05, 0) is 32.0 Å². The number of amides is 1. The Hall–Kier alpha value is -2.17. The minimum Gasteiger partial charge on any atom is -0.324 e. The topological polar surface area (TPSA) is 59.8 Å². The zero-order chi connectivity index (χ0) is 13.8. The summed E-state index contributed by atoms with van der Waals surface area (Å²) >= 11 is 0. The van der Waals surface area contributed by atoms with Crippen LogP contribution in [0.15, 0.2) is 30.6 Å². The van der Waals surface area contributed by atoms with Gasteiger partial charge in [-0.15, -0.1) is 0 Å². The Morgan fingerprint density at radius 3 is 2.84 bits per heavy atom. The number of carbonyl (C=O) groups excluding carboxylic acids is 1. The van der Waals surface area contributed by atoms with Gasteiger partial charge in [0, 0.05) is 11.9 Å². The molecule has 1 atom stereocenters. The van der Waals surface area contributed by atoms with Crippen molar-refractivity contribution in [3.63, 3.8) is 0 Å². The molecule has 5 nitrogen and oxygen atoms in total. The molecule has 100 valence electrons. The van der Waals surface area contributed by atoms with Gasteiger partial charge in [-0.25, -0.2) is 0 Å². The zero-order valence-electron chi connectivity index (χ0n) is 11.4. The number of aromatic nitrogens is 3. The summed E-state index contributed by atoms with van der Waals surface area (Å²) in [6.07, 6.45) is 3.31. The van der Waals surface area contributed by atoms with Gasteiger partial charge in [0.2, 0.25) is 5.91 Å². The Balaban J connectivity index is 1.98. The van der Waals surface area contributed by atoms with Gasteiger partial charge in [-0.3, -0.25) is 14.5 Å². The summed E-state index contributed by atoms with van der Waals surface area (Å²) in [5.74, 6) is -0.182. The second-order valence-electron chi connectivity index (χ2n) is 4.74. The number of nitrogens with zero attached hydrogens (tertiary/aromatic N) is 3. The van der Waals surface area contributed by atoms with E-state index in [0.717, 1.165) is 11.4 Å². The minimum absolute atomic E-state index is 0.0273. The maximum absolute atomic E-state index is 12.1. The first kappa shape index (κ1) is 13.3. The zero-order valence-corrected chi connectivity index (χ0v) is 11.4. The Bertz CT molecular complexity index is 562. The minimum atomic E-state index is -0.154. The van der Waals surface area contributed by atoms with Gasteiger partial charge in [-0.1, -0.05) is 6.92 Å². The monoisotopic (exact) mass is 258 g/mol. The molecule has 2 aromatic heterocycles. The van der Waals surface area contributed by atoms with Crippen molar-refractivity contribution in [3.05, 3.63) is 42.0 Å². The Labute approximate surface area is 112 Å². The van der Waals surface area contributed by atoms with Gasteiger partial charge in [0.25, 0.3) is 0 Å². The van der Waals surface area contributed by atoms with Crippen molar-refractivity contribution >= 4 is 11.6 Å². The summed E-state index contributed by atoms with van der Waals surface area (Å²) in [6, 6.07) is 5.62. The van der Waals surface area contributed by atoms with E-state index in [2.05, 4.69) is 15.4 Å². The van der Waals surface area contributed by atoms with E-state index in [1.807, 2.05) is 37.6 Å². The highest BCUT2D eigenvalue weighted by atomic mass is 16.1. The highest BCUT2D eigenvalue weighted by Gasteiger charge is 2.15. The SMILES string of the molecule is Cc1cc(C)n(CC(C)C(=O)Nc2cccnc2)n1. The molecule has 0 bridgehead atoms. The molecule has 0 fully saturated rings. The molecule has 1 amide bonds. The van der Waals surface area contributed by atoms with Crippen LogP contribution in [-0.4, -0.2) is 20.7 Å². The molecule has 1 N–H and O–H groups in total. The smallest absolute Gasteiger partial charge is 0.229 e. The molecule has 2 rings (SSSR count). The van der Waals surface area contributed by atoms with E-state index in [9.17, 15) is 4.79 Å². The third-order valence-corrected chi connectivity index (χ3v) is 2.93. The fourth-order valence-corrected chi connectivity index (χ4v) is 1.90. The molecule has 5 heteroatoms. The van der Waals surface area contributed by atoms with E-state index >= 15 is 0 Å². The van der Waals surface area contributed by atoms with Crippen LogP contribution in [0.25, 0.3) is 0 Å². The molecule has 0 aliphatic carbocycles. The number of aryl methyl sites for hydroxylation is 2. The summed E-state index contributed by atoms with van der Waals surface area (Å²) in [5, 5.41) is 7.21. The number of nitrogens with one attached hydrogen (secondary N) is 1. The van der Waals surface area contributed by atoms with Gasteiger partial charge in [-0.2, -0.15) is 5.10 Å². The second kappa shape index (κ2) is 5.65. The Morgan fingerprint density at radius 1 is 1.47 bits per heavy atom. The molecule has 0 aromatic carbocycles. The van der Waals surface area contributed by atoms with Crippen molar-refractivity contribution in [2.45, 2.75) is 27.3 Å². The number of carbonyl (C=O) groups is 1. The lowest BCUT2D eigenvalue weighted by Gasteiger charge is -2.13. The molecule has 0 saturated heterocycles. The summed E-state index contributed by atoms with van der Waals surface area (Å²) in [5.41, 5.74) is 2.75. The van der Waals surface area contributed by atoms with E-state index in [4.69, 9.17) is 0 Å². The highest BCUT2D eigenvalue weighted by molar-refractivity contribution is 5.92. The van der Waals surface area contributed by atoms with Crippen LogP contribution in [0, 0.1) is 19.8 Å². The van der Waals surface area contributed by atoms with Crippen molar-refractivity contribution in [2.24, 2.45) is 5.92 Å². The first-order chi connectivity index (χ1) is 9.06. The lowest BCUT2D eigenvalue weighted by Crippen LogP contribution is -2.25. The first-order valence-corrected chi connectivity index (χ1v) is 6.28. The van der Waals surface area contributed by atoms with E-state index < -0.39 is 0 Å². The van der Waals surface area contributed by atoms with Gasteiger partial charge in [0.1, 0.15) is 0 Å². The van der Waals surface area contributed by atoms with Crippen LogP contribution in [-0.2, 0) is 11.3 Å². The van der Waals surface area contributed by atoms with Crippen LogP contribution < -0.4 is 5.32 Å². The molecule has 0 saturated carbocycles. The van der Waals surface area contributed by atoms with Gasteiger partial charge in [0.05, 0.1) is 30.0 Å². The van der Waals surface area contributed by atoms with Crippen LogP contribution >= 0.6 is 0 Å². The first-order valence-electron chi connectivity index (χ1n) is 6.28. The number of pyridine rings is 1. The molecule has 1 unspecified atom stereocenters. The molecular formula is C14H18N4O. The van der Waals surface area contributed by atoms with Crippen LogP contribution in [0.4, 0.5) is 5.69 Å². The third-order valence-electron chi connectivity index (χ3n) is 2.93. The maximum Gasteiger partial charge on any atom is 0.229 e. The quantitative estimate of drug-likeness (QED) is 0.914. The van der Waals surface area contributed by atoms with Crippen molar-refractivity contribution < 1.29 is 4.79 Å². The summed E-state index contributed by atoms with van der Waals surface area (Å²) < 4.78 is 1.86. The molecule has 19 heavy (non-hydrogen) atoms. The van der Waals surface area contributed by atoms with Gasteiger partial charge < -0.3 is 5.32 Å². The molecule has 0 spiro atoms. The van der Waals surface area contributed by atoms with Crippen LogP contribution in [0.2, 0.25) is 0 Å². The molecular weight excluding hydrogens is 240 g/mol. The van der Waals surface area contributed by atoms with Crippen molar-refractivity contribution in [3.8, 4) is 0 Å². The van der Waals surface area contributed by atoms with E-state index in [0.29, 0.717) is 12.2 Å². The lowest BCUT2D eigenvalue weighted by molar-refractivity contribution is -0.119. The lowest BCUT2D eigenvalue weighted by atomic mass is 10.1. The van der Waals surface area contributed by atoms with Crippen LogP contribution in [0.1, 0.15) is 18.3 Å². The van der Waals surface area contributed by atoms with E-state index in [1.165, 1.54) is 0 Å². The van der Waals surface area contributed by atoms with E-state index in [-0.39, 0.29) is 11.8 Å². The highest BCUT2D eigenvalue weighted by Crippen LogP contribution is 2.10. The molecule has 2 heterocycles. The largest absolute Gasteiger partial charge is 0.324 e. The Kier molecular flexibility index (Phi) is 3.94. The number of hydrogen-bond donors (Lipinski definition) is 1. The van der Waals surface area contributed by atoms with Crippen LogP contribution in [0.5, 0.6) is 0 Å². The standard InChI is InChI=1S/C14H18N4O/c1-10(9-18-12(3)7-11(2)17-18)14(19)16-13-5-4-6-15-8-13/h4-8,10H,9H2,1-3H3,(H,16,19). The molecule has 0 aliphatic heterocycles. The van der Waals surface area contributed by atoms with Crippen LogP contribution in [0.3, 0.4) is 0 Å². The fourth-order valence-electron chi connectivity index (χ4n) is 1.90. The molecule has 2 aromatic rings. The van der Waals surface area contributed by atoms with Gasteiger partial charge in [0.15, 0.2) is 0 Å². The summed E-state index contributed by atoms with van der Waals surface area (Å²) in [4.78, 5) is 16.0. The maximum atomic E-state index is 12.1. The number of anilines is 1. The third kappa shape index (κ3) is 3.40. The Morgan fingerprint density at radius 2 is 2.26 bits per heavy atom. The summed E-state index contributed by atoms with van der Waals surface area (Å²) in [6.45, 7) is 6.41. The summed E-state index contributed by atoms with van der Waals surface area (Å²) in [7, 11) is 0. The van der Waals surface area contributed by atoms with Crippen molar-refractivity contribution in [2.75, 3.05) is 5.32 Å². The van der Waals surface area contributed by atoms with Gasteiger partial charge >= 0.3 is 0 Å². The fraction of sp³-hybridized carbons (Fsp3) is 0.357. The number of rotatable bonds is 4. The molecule has 0 radical (unpaired) electrons. The predicted octanol–water partition coefficient (Wildman–Crippen LogP) is 2.17. The molecule has 0 aliphatic rings. The average Bonchev–Trinajstić information content (AvgIpc) is 2.69. The van der Waals surface area contributed by atoms with Crippen molar-refractivity contribution in [1.29, 1.82) is 0 Å². The normalized spacial score (nSPS) is 12.2. The van der Waals surface area contributed by atoms with E-state index in [1.54, 1.807) is 18.5 Å². The van der Waals surface area contributed by atoms with Crippen molar-refractivity contribution in [1.82, 2.24) is 14.8 Å².